The van der Waals surface area contributed by atoms with Crippen LogP contribution in [0.3, 0.4) is 0 Å². The number of amides is 2. The number of halogens is 3. The van der Waals surface area contributed by atoms with Gasteiger partial charge in [0.1, 0.15) is 0 Å². The topological polar surface area (TPSA) is 165 Å². The monoisotopic (exact) mass is 705 g/mol. The summed E-state index contributed by atoms with van der Waals surface area (Å²) in [7, 11) is 0. The van der Waals surface area contributed by atoms with Crippen LogP contribution in [0.25, 0.3) is 0 Å². The molecule has 8 N–H and O–H groups in total. The van der Waals surface area contributed by atoms with E-state index in [1.54, 1.807) is 0 Å². The van der Waals surface area contributed by atoms with Crippen LogP contribution in [-0.2, 0) is 0 Å². The number of aliphatic hydroxyl groups excluding tert-OH is 4. The molecule has 0 heterocycles. The Morgan fingerprint density at radius 3 is 1.35 bits per heavy atom. The minimum atomic E-state index is -0.847. The number of nitrogens with one attached hydrogen (secondary N) is 2. The number of hydrogen-bond acceptors (Lipinski definition) is 7. The summed E-state index contributed by atoms with van der Waals surface area (Å²) >= 11 is 5.63. The maximum absolute atomic E-state index is 12.6. The third-order valence-electron chi connectivity index (χ3n) is 3.36. The normalized spacial score (nSPS) is 11.1. The fraction of sp³-hybridized carbons (Fsp3) is 0.429. The minimum Gasteiger partial charge on any atom is -0.397 e. The first-order valence-corrected chi connectivity index (χ1v) is 10.5. The molecule has 12 heteroatoms. The molecule has 0 fully saturated rings. The standard InChI is InChI=1S/C14H18I3N3O6/c15-9-7(13(25)19-5(1-21)2-22)10(16)12(18)11(17)8(9)14(26)20-6(3-23)4-24/h5-6,21-24H,1-4,18H2,(H,19,25)(H,20,26). The smallest absolute Gasteiger partial charge is 0.253 e. The van der Waals surface area contributed by atoms with E-state index < -0.39 is 50.3 Å². The van der Waals surface area contributed by atoms with Crippen molar-refractivity contribution in [1.29, 1.82) is 0 Å². The van der Waals surface area contributed by atoms with Gasteiger partial charge >= 0.3 is 0 Å². The van der Waals surface area contributed by atoms with Crippen molar-refractivity contribution in [3.05, 3.63) is 21.8 Å². The molecule has 9 nitrogen and oxygen atoms in total. The van der Waals surface area contributed by atoms with E-state index in [1.165, 1.54) is 0 Å². The van der Waals surface area contributed by atoms with E-state index in [1.807, 2.05) is 67.8 Å². The molecule has 0 aromatic heterocycles. The first-order chi connectivity index (χ1) is 12.2. The fourth-order valence-electron chi connectivity index (χ4n) is 1.90. The Balaban J connectivity index is 3.40. The molecule has 0 aliphatic rings. The van der Waals surface area contributed by atoms with Gasteiger partial charge in [0.15, 0.2) is 0 Å². The Morgan fingerprint density at radius 2 is 1.08 bits per heavy atom. The second kappa shape index (κ2) is 11.1. The maximum atomic E-state index is 12.6. The lowest BCUT2D eigenvalue weighted by molar-refractivity contribution is 0.0874. The second-order valence-corrected chi connectivity index (χ2v) is 8.41. The van der Waals surface area contributed by atoms with Crippen molar-refractivity contribution in [1.82, 2.24) is 10.6 Å². The van der Waals surface area contributed by atoms with Gasteiger partial charge in [0.25, 0.3) is 11.8 Å². The van der Waals surface area contributed by atoms with E-state index in [2.05, 4.69) is 10.6 Å². The quantitative estimate of drug-likeness (QED) is 0.138. The predicted molar refractivity (Wildman–Crippen MR) is 120 cm³/mol. The number of nitrogen functional groups attached to an aromatic ring is 1. The van der Waals surface area contributed by atoms with Crippen molar-refractivity contribution < 1.29 is 30.0 Å². The third-order valence-corrected chi connectivity index (χ3v) is 6.68. The largest absolute Gasteiger partial charge is 0.397 e. The highest BCUT2D eigenvalue weighted by Gasteiger charge is 2.28. The van der Waals surface area contributed by atoms with Gasteiger partial charge in [-0.25, -0.2) is 0 Å². The Kier molecular flexibility index (Phi) is 10.3. The van der Waals surface area contributed by atoms with Crippen LogP contribution in [0.1, 0.15) is 20.7 Å². The lowest BCUT2D eigenvalue weighted by Gasteiger charge is -2.20. The summed E-state index contributed by atoms with van der Waals surface area (Å²) in [4.78, 5) is 25.1. The molecule has 0 bridgehead atoms. The molecule has 0 spiro atoms. The number of carbonyl (C=O) groups excluding carboxylic acids is 2. The summed E-state index contributed by atoms with van der Waals surface area (Å²) in [5, 5.41) is 41.5. The van der Waals surface area contributed by atoms with E-state index in [0.717, 1.165) is 0 Å². The molecule has 0 saturated carbocycles. The minimum absolute atomic E-state index is 0.144. The van der Waals surface area contributed by atoms with Crippen molar-refractivity contribution in [2.45, 2.75) is 12.1 Å². The maximum Gasteiger partial charge on any atom is 0.253 e. The van der Waals surface area contributed by atoms with Crippen LogP contribution >= 0.6 is 67.8 Å². The lowest BCUT2D eigenvalue weighted by atomic mass is 10.1. The zero-order valence-corrected chi connectivity index (χ0v) is 19.8. The summed E-state index contributed by atoms with van der Waals surface area (Å²) in [6.07, 6.45) is 0. The van der Waals surface area contributed by atoms with Gasteiger partial charge in [-0.05, 0) is 67.8 Å². The van der Waals surface area contributed by atoms with Gasteiger partial charge in [-0.2, -0.15) is 0 Å². The van der Waals surface area contributed by atoms with Crippen molar-refractivity contribution >= 4 is 85.3 Å². The second-order valence-electron chi connectivity index (χ2n) is 5.18. The van der Waals surface area contributed by atoms with Crippen LogP contribution in [0.15, 0.2) is 0 Å². The van der Waals surface area contributed by atoms with Gasteiger partial charge in [0.2, 0.25) is 0 Å². The van der Waals surface area contributed by atoms with Crippen LogP contribution in [0, 0.1) is 10.7 Å². The van der Waals surface area contributed by atoms with E-state index in [0.29, 0.717) is 10.7 Å². The van der Waals surface area contributed by atoms with E-state index >= 15 is 0 Å². The Hall–Kier alpha value is -0.0100. The van der Waals surface area contributed by atoms with Crippen LogP contribution in [-0.4, -0.2) is 70.8 Å². The molecule has 1 aromatic rings. The molecule has 146 valence electrons. The number of hydrogen-bond donors (Lipinski definition) is 7. The van der Waals surface area contributed by atoms with Gasteiger partial charge in [-0.3, -0.25) is 9.59 Å². The predicted octanol–water partition coefficient (Wildman–Crippen LogP) is -0.751. The molecule has 1 aromatic carbocycles. The van der Waals surface area contributed by atoms with Crippen molar-refractivity contribution in [2.24, 2.45) is 0 Å². The van der Waals surface area contributed by atoms with Crippen LogP contribution in [0.5, 0.6) is 0 Å². The molecule has 0 atom stereocenters. The Morgan fingerprint density at radius 1 is 0.769 bits per heavy atom. The number of carbonyl (C=O) groups is 2. The van der Waals surface area contributed by atoms with Gasteiger partial charge in [0.05, 0.1) is 62.5 Å². The fourth-order valence-corrected chi connectivity index (χ4v) is 6.04. The highest BCUT2D eigenvalue weighted by molar-refractivity contribution is 14.1. The number of nitrogens with two attached hydrogens (primary N) is 1. The number of rotatable bonds is 8. The Labute approximate surface area is 190 Å². The van der Waals surface area contributed by atoms with Crippen LogP contribution in [0.4, 0.5) is 5.69 Å². The number of benzene rings is 1. The lowest BCUT2D eigenvalue weighted by Crippen LogP contribution is -2.42. The molecule has 0 unspecified atom stereocenters. The van der Waals surface area contributed by atoms with Crippen LogP contribution < -0.4 is 16.4 Å². The SMILES string of the molecule is Nc1c(I)c(C(=O)NC(CO)CO)c(I)c(C(=O)NC(CO)CO)c1I. The average molecular weight is 705 g/mol. The molecule has 0 radical (unpaired) electrons. The number of aliphatic hydroxyl groups is 4. The van der Waals surface area contributed by atoms with Crippen molar-refractivity contribution in [2.75, 3.05) is 32.2 Å². The highest BCUT2D eigenvalue weighted by Crippen LogP contribution is 2.33. The van der Waals surface area contributed by atoms with Gasteiger partial charge < -0.3 is 36.8 Å². The highest BCUT2D eigenvalue weighted by atomic mass is 127. The van der Waals surface area contributed by atoms with Crippen molar-refractivity contribution in [3.8, 4) is 0 Å². The molecule has 2 amide bonds. The van der Waals surface area contributed by atoms with E-state index in [9.17, 15) is 9.59 Å². The van der Waals surface area contributed by atoms with Crippen LogP contribution in [0.2, 0.25) is 0 Å². The summed E-state index contributed by atoms with van der Waals surface area (Å²) in [5.41, 5.74) is 6.56. The average Bonchev–Trinajstić information content (AvgIpc) is 2.62. The summed E-state index contributed by atoms with van der Waals surface area (Å²) in [6.45, 7) is -1.79. The first-order valence-electron chi connectivity index (χ1n) is 7.24. The number of anilines is 1. The molecule has 0 aliphatic heterocycles. The zero-order chi connectivity index (χ0) is 20.0. The van der Waals surface area contributed by atoms with E-state index in [-0.39, 0.29) is 16.8 Å². The van der Waals surface area contributed by atoms with E-state index in [4.69, 9.17) is 26.2 Å². The molecule has 1 rings (SSSR count). The summed E-state index contributed by atoms with van der Waals surface area (Å²) < 4.78 is 1.19. The van der Waals surface area contributed by atoms with Gasteiger partial charge in [-0.15, -0.1) is 0 Å². The summed E-state index contributed by atoms with van der Waals surface area (Å²) in [6, 6.07) is -1.69. The molecule has 0 aliphatic carbocycles. The third kappa shape index (κ3) is 5.51. The van der Waals surface area contributed by atoms with Gasteiger partial charge in [-0.1, -0.05) is 0 Å². The Bertz CT molecular complexity index is 627. The summed E-state index contributed by atoms with van der Waals surface area (Å²) in [5.74, 6) is -1.19. The van der Waals surface area contributed by atoms with Gasteiger partial charge in [0, 0.05) is 3.57 Å². The van der Waals surface area contributed by atoms with Crippen molar-refractivity contribution in [3.63, 3.8) is 0 Å². The molecular weight excluding hydrogens is 687 g/mol. The molecule has 0 saturated heterocycles. The first kappa shape index (κ1) is 24.0. The molecule has 26 heavy (non-hydrogen) atoms. The molecular formula is C14H18I3N3O6. The zero-order valence-electron chi connectivity index (χ0n) is 13.3.